The number of carbonyl (C=O) groups excluding carboxylic acids is 2. The maximum absolute atomic E-state index is 12.2. The van der Waals surface area contributed by atoms with E-state index in [0.717, 1.165) is 11.1 Å². The molecule has 2 heterocycles. The third kappa shape index (κ3) is 2.94. The van der Waals surface area contributed by atoms with Crippen LogP contribution in [0.1, 0.15) is 27.2 Å². The largest absolute Gasteiger partial charge is 0.366 e. The fraction of sp³-hybridized carbons (Fsp3) is 0.188. The van der Waals surface area contributed by atoms with Gasteiger partial charge in [0.25, 0.3) is 0 Å². The fourth-order valence-electron chi connectivity index (χ4n) is 2.54. The van der Waals surface area contributed by atoms with Gasteiger partial charge in [0.05, 0.1) is 18.7 Å². The Bertz CT molecular complexity index is 761. The predicted molar refractivity (Wildman–Crippen MR) is 82.2 cm³/mol. The molecule has 0 aliphatic carbocycles. The Kier molecular flexibility index (Phi) is 3.81. The van der Waals surface area contributed by atoms with Crippen molar-refractivity contribution < 1.29 is 9.59 Å². The van der Waals surface area contributed by atoms with Gasteiger partial charge in [-0.05, 0) is 35.4 Å². The minimum absolute atomic E-state index is 0.0288. The van der Waals surface area contributed by atoms with Crippen LogP contribution in [0.15, 0.2) is 36.5 Å². The van der Waals surface area contributed by atoms with Crippen molar-refractivity contribution in [1.29, 1.82) is 0 Å². The van der Waals surface area contributed by atoms with Gasteiger partial charge in [0.2, 0.25) is 11.8 Å². The molecule has 0 saturated heterocycles. The van der Waals surface area contributed by atoms with Gasteiger partial charge in [0.1, 0.15) is 0 Å². The number of primary amides is 1. The molecular formula is C16H14ClN3O2. The standard InChI is InChI=1S/C16H14ClN3O2/c17-13-2-1-10-7-15(21)20(8-12(10)5-13)9-14-6-11(16(18)22)3-4-19-14/h1-6H,7-9H2,(H2,18,22). The molecular weight excluding hydrogens is 302 g/mol. The highest BCUT2D eigenvalue weighted by atomic mass is 35.5. The third-order valence-corrected chi connectivity index (χ3v) is 3.91. The molecule has 0 radical (unpaired) electrons. The summed E-state index contributed by atoms with van der Waals surface area (Å²) in [4.78, 5) is 29.3. The zero-order chi connectivity index (χ0) is 15.7. The van der Waals surface area contributed by atoms with Crippen molar-refractivity contribution in [3.8, 4) is 0 Å². The van der Waals surface area contributed by atoms with Crippen molar-refractivity contribution in [3.05, 3.63) is 63.9 Å². The maximum Gasteiger partial charge on any atom is 0.248 e. The van der Waals surface area contributed by atoms with E-state index in [-0.39, 0.29) is 5.91 Å². The van der Waals surface area contributed by atoms with E-state index in [1.807, 2.05) is 12.1 Å². The van der Waals surface area contributed by atoms with Crippen molar-refractivity contribution in [2.75, 3.05) is 0 Å². The molecule has 0 atom stereocenters. The second kappa shape index (κ2) is 5.77. The molecule has 6 heteroatoms. The van der Waals surface area contributed by atoms with Crippen LogP contribution in [0.5, 0.6) is 0 Å². The summed E-state index contributed by atoms with van der Waals surface area (Å²) in [5.74, 6) is -0.480. The third-order valence-electron chi connectivity index (χ3n) is 3.68. The SMILES string of the molecule is NC(=O)c1ccnc(CN2Cc3cc(Cl)ccc3CC2=O)c1. The van der Waals surface area contributed by atoms with E-state index in [1.54, 1.807) is 23.1 Å². The minimum Gasteiger partial charge on any atom is -0.366 e. The summed E-state index contributed by atoms with van der Waals surface area (Å²) in [7, 11) is 0. The van der Waals surface area contributed by atoms with Gasteiger partial charge in [-0.15, -0.1) is 0 Å². The summed E-state index contributed by atoms with van der Waals surface area (Å²) in [6, 6.07) is 8.73. The molecule has 2 aromatic rings. The molecule has 5 nitrogen and oxygen atoms in total. The summed E-state index contributed by atoms with van der Waals surface area (Å²) in [5.41, 5.74) is 8.33. The Balaban J connectivity index is 1.82. The smallest absolute Gasteiger partial charge is 0.248 e. The Hall–Kier alpha value is -2.40. The predicted octanol–water partition coefficient (Wildman–Crippen LogP) is 1.92. The molecule has 1 aromatic carbocycles. The van der Waals surface area contributed by atoms with E-state index in [0.29, 0.717) is 35.8 Å². The first-order valence-corrected chi connectivity index (χ1v) is 7.20. The van der Waals surface area contributed by atoms with Gasteiger partial charge in [0.15, 0.2) is 0 Å². The van der Waals surface area contributed by atoms with Crippen LogP contribution in [0.4, 0.5) is 0 Å². The average molecular weight is 316 g/mol. The Morgan fingerprint density at radius 1 is 1.27 bits per heavy atom. The van der Waals surface area contributed by atoms with Crippen molar-refractivity contribution >= 4 is 23.4 Å². The number of amides is 2. The summed E-state index contributed by atoms with van der Waals surface area (Å²) in [5, 5.41) is 0.655. The first-order valence-electron chi connectivity index (χ1n) is 6.83. The average Bonchev–Trinajstić information content (AvgIpc) is 2.49. The van der Waals surface area contributed by atoms with E-state index in [9.17, 15) is 9.59 Å². The topological polar surface area (TPSA) is 76.3 Å². The van der Waals surface area contributed by atoms with Crippen LogP contribution in [0.3, 0.4) is 0 Å². The molecule has 0 fully saturated rings. The molecule has 1 aliphatic heterocycles. The number of benzene rings is 1. The van der Waals surface area contributed by atoms with Gasteiger partial charge < -0.3 is 10.6 Å². The number of hydrogen-bond donors (Lipinski definition) is 1. The lowest BCUT2D eigenvalue weighted by Crippen LogP contribution is -2.35. The highest BCUT2D eigenvalue weighted by molar-refractivity contribution is 6.30. The van der Waals surface area contributed by atoms with Gasteiger partial charge >= 0.3 is 0 Å². The molecule has 2 N–H and O–H groups in total. The van der Waals surface area contributed by atoms with Crippen LogP contribution >= 0.6 is 11.6 Å². The number of halogens is 1. The van der Waals surface area contributed by atoms with Crippen molar-refractivity contribution in [2.45, 2.75) is 19.5 Å². The monoisotopic (exact) mass is 315 g/mol. The number of pyridine rings is 1. The van der Waals surface area contributed by atoms with E-state index in [2.05, 4.69) is 4.98 Å². The lowest BCUT2D eigenvalue weighted by molar-refractivity contribution is -0.132. The van der Waals surface area contributed by atoms with Crippen LogP contribution < -0.4 is 5.73 Å². The molecule has 0 bridgehead atoms. The van der Waals surface area contributed by atoms with Crippen LogP contribution in [0, 0.1) is 0 Å². The quantitative estimate of drug-likeness (QED) is 0.940. The molecule has 112 valence electrons. The van der Waals surface area contributed by atoms with Crippen LogP contribution in [0.2, 0.25) is 5.02 Å². The lowest BCUT2D eigenvalue weighted by atomic mass is 9.99. The number of fused-ring (bicyclic) bond motifs is 1. The molecule has 2 amide bonds. The second-order valence-electron chi connectivity index (χ2n) is 5.24. The fourth-order valence-corrected chi connectivity index (χ4v) is 2.73. The van der Waals surface area contributed by atoms with Gasteiger partial charge in [0, 0.05) is 23.3 Å². The molecule has 0 spiro atoms. The minimum atomic E-state index is -0.509. The molecule has 0 saturated carbocycles. The number of hydrogen-bond acceptors (Lipinski definition) is 3. The van der Waals surface area contributed by atoms with E-state index < -0.39 is 5.91 Å². The number of carbonyl (C=O) groups is 2. The summed E-state index contributed by atoms with van der Waals surface area (Å²) in [6.45, 7) is 0.823. The van der Waals surface area contributed by atoms with Crippen molar-refractivity contribution in [2.24, 2.45) is 5.73 Å². The Morgan fingerprint density at radius 2 is 2.09 bits per heavy atom. The van der Waals surface area contributed by atoms with E-state index in [1.165, 1.54) is 6.20 Å². The normalized spacial score (nSPS) is 13.9. The van der Waals surface area contributed by atoms with Crippen LogP contribution in [-0.4, -0.2) is 21.7 Å². The Labute approximate surface area is 132 Å². The van der Waals surface area contributed by atoms with Gasteiger partial charge in [-0.3, -0.25) is 14.6 Å². The van der Waals surface area contributed by atoms with Gasteiger partial charge in [-0.1, -0.05) is 17.7 Å². The summed E-state index contributed by atoms with van der Waals surface area (Å²) < 4.78 is 0. The molecule has 22 heavy (non-hydrogen) atoms. The summed E-state index contributed by atoms with van der Waals surface area (Å²) in [6.07, 6.45) is 1.87. The number of nitrogens with two attached hydrogens (primary N) is 1. The highest BCUT2D eigenvalue weighted by Crippen LogP contribution is 2.24. The number of rotatable bonds is 3. The molecule has 1 aromatic heterocycles. The van der Waals surface area contributed by atoms with Gasteiger partial charge in [-0.2, -0.15) is 0 Å². The molecule has 1 aliphatic rings. The van der Waals surface area contributed by atoms with Crippen molar-refractivity contribution in [3.63, 3.8) is 0 Å². The molecule has 0 unspecified atom stereocenters. The van der Waals surface area contributed by atoms with Gasteiger partial charge in [-0.25, -0.2) is 0 Å². The highest BCUT2D eigenvalue weighted by Gasteiger charge is 2.23. The molecule has 3 rings (SSSR count). The number of aromatic nitrogens is 1. The van der Waals surface area contributed by atoms with E-state index in [4.69, 9.17) is 17.3 Å². The second-order valence-corrected chi connectivity index (χ2v) is 5.68. The van der Waals surface area contributed by atoms with E-state index >= 15 is 0 Å². The number of nitrogens with zero attached hydrogens (tertiary/aromatic N) is 2. The van der Waals surface area contributed by atoms with Crippen molar-refractivity contribution in [1.82, 2.24) is 9.88 Å². The Morgan fingerprint density at radius 3 is 2.86 bits per heavy atom. The zero-order valence-corrected chi connectivity index (χ0v) is 12.5. The zero-order valence-electron chi connectivity index (χ0n) is 11.8. The lowest BCUT2D eigenvalue weighted by Gasteiger charge is -2.28. The summed E-state index contributed by atoms with van der Waals surface area (Å²) >= 11 is 6.01. The van der Waals surface area contributed by atoms with Crippen LogP contribution in [-0.2, 0) is 24.3 Å². The van der Waals surface area contributed by atoms with Crippen LogP contribution in [0.25, 0.3) is 0 Å². The maximum atomic E-state index is 12.2. The first kappa shape index (κ1) is 14.5. The first-order chi connectivity index (χ1) is 10.5.